The van der Waals surface area contributed by atoms with Crippen LogP contribution in [0.25, 0.3) is 0 Å². The molecule has 0 bridgehead atoms. The first-order valence-electron chi connectivity index (χ1n) is 9.77. The van der Waals surface area contributed by atoms with E-state index in [-0.39, 0.29) is 25.5 Å². The molecule has 1 fully saturated rings. The van der Waals surface area contributed by atoms with Gasteiger partial charge in [-0.1, -0.05) is 33.6 Å². The van der Waals surface area contributed by atoms with Gasteiger partial charge in [0, 0.05) is 28.8 Å². The van der Waals surface area contributed by atoms with Gasteiger partial charge in [0.2, 0.25) is 5.91 Å². The van der Waals surface area contributed by atoms with Crippen molar-refractivity contribution in [2.75, 3.05) is 23.4 Å². The standard InChI is InChI=1S/C23H25BrN2O4/c1-13-5-8-20(14(2)9-13)26-11-17(10-22(26)28)23(29)30-12-21(27)25-19-7-6-18(24)15(3)16(19)4/h5-9,17H,10-12H2,1-4H3,(H,25,27)/t17-/m1/s1. The number of benzene rings is 2. The number of halogens is 1. The van der Waals surface area contributed by atoms with Crippen molar-refractivity contribution in [1.82, 2.24) is 0 Å². The first-order chi connectivity index (χ1) is 14.2. The quantitative estimate of drug-likeness (QED) is 0.660. The topological polar surface area (TPSA) is 75.7 Å². The van der Waals surface area contributed by atoms with Crippen LogP contribution in [0.4, 0.5) is 11.4 Å². The Morgan fingerprint density at radius 1 is 1.13 bits per heavy atom. The van der Waals surface area contributed by atoms with Gasteiger partial charge in [0.25, 0.3) is 5.91 Å². The normalized spacial score (nSPS) is 16.0. The van der Waals surface area contributed by atoms with Gasteiger partial charge in [-0.2, -0.15) is 0 Å². The molecule has 2 aromatic carbocycles. The van der Waals surface area contributed by atoms with Gasteiger partial charge in [0.1, 0.15) is 0 Å². The van der Waals surface area contributed by atoms with Crippen LogP contribution in [0.1, 0.15) is 28.7 Å². The van der Waals surface area contributed by atoms with Crippen molar-refractivity contribution in [3.63, 3.8) is 0 Å². The molecule has 0 aliphatic carbocycles. The van der Waals surface area contributed by atoms with E-state index >= 15 is 0 Å². The van der Waals surface area contributed by atoms with Crippen molar-refractivity contribution in [3.8, 4) is 0 Å². The molecule has 1 heterocycles. The Morgan fingerprint density at radius 2 is 1.87 bits per heavy atom. The third kappa shape index (κ3) is 4.73. The van der Waals surface area contributed by atoms with Crippen LogP contribution in [-0.4, -0.2) is 30.9 Å². The second-order valence-electron chi connectivity index (χ2n) is 7.70. The Morgan fingerprint density at radius 3 is 2.57 bits per heavy atom. The second kappa shape index (κ2) is 9.00. The number of rotatable bonds is 5. The summed E-state index contributed by atoms with van der Waals surface area (Å²) in [6.45, 7) is 7.67. The van der Waals surface area contributed by atoms with Gasteiger partial charge in [-0.25, -0.2) is 0 Å². The Balaban J connectivity index is 1.57. The Labute approximate surface area is 184 Å². The molecule has 0 aromatic heterocycles. The molecular formula is C23H25BrN2O4. The molecule has 2 amide bonds. The molecule has 6 nitrogen and oxygen atoms in total. The molecule has 0 spiro atoms. The van der Waals surface area contributed by atoms with Crippen LogP contribution in [0, 0.1) is 33.6 Å². The highest BCUT2D eigenvalue weighted by atomic mass is 79.9. The van der Waals surface area contributed by atoms with E-state index in [0.717, 1.165) is 32.4 Å². The molecule has 1 aliphatic rings. The number of hydrogen-bond donors (Lipinski definition) is 1. The fraction of sp³-hybridized carbons (Fsp3) is 0.348. The first-order valence-corrected chi connectivity index (χ1v) is 10.6. The van der Waals surface area contributed by atoms with Gasteiger partial charge >= 0.3 is 5.97 Å². The minimum atomic E-state index is -0.581. The lowest BCUT2D eigenvalue weighted by molar-refractivity contribution is -0.151. The van der Waals surface area contributed by atoms with E-state index in [2.05, 4.69) is 21.2 Å². The van der Waals surface area contributed by atoms with Crippen molar-refractivity contribution in [2.45, 2.75) is 34.1 Å². The number of aryl methyl sites for hydroxylation is 2. The molecule has 0 radical (unpaired) electrons. The van der Waals surface area contributed by atoms with E-state index in [1.54, 1.807) is 11.0 Å². The first kappa shape index (κ1) is 22.0. The summed E-state index contributed by atoms with van der Waals surface area (Å²) in [6, 6.07) is 9.49. The molecule has 2 aromatic rings. The summed E-state index contributed by atoms with van der Waals surface area (Å²) in [6.07, 6.45) is 0.0821. The van der Waals surface area contributed by atoms with Crippen LogP contribution in [0.5, 0.6) is 0 Å². The van der Waals surface area contributed by atoms with Crippen LogP contribution >= 0.6 is 15.9 Å². The minimum Gasteiger partial charge on any atom is -0.455 e. The number of carbonyl (C=O) groups excluding carboxylic acids is 3. The SMILES string of the molecule is Cc1ccc(N2C[C@H](C(=O)OCC(=O)Nc3ccc(Br)c(C)c3C)CC2=O)c(C)c1. The van der Waals surface area contributed by atoms with E-state index in [9.17, 15) is 14.4 Å². The predicted molar refractivity (Wildman–Crippen MR) is 120 cm³/mol. The number of amides is 2. The van der Waals surface area contributed by atoms with Gasteiger partial charge in [-0.3, -0.25) is 14.4 Å². The number of nitrogens with zero attached hydrogens (tertiary/aromatic N) is 1. The Bertz CT molecular complexity index is 1020. The Kier molecular flexibility index (Phi) is 6.61. The summed E-state index contributed by atoms with van der Waals surface area (Å²) in [5, 5.41) is 2.77. The van der Waals surface area contributed by atoms with Gasteiger partial charge in [0.05, 0.1) is 5.92 Å². The van der Waals surface area contributed by atoms with Crippen molar-refractivity contribution in [3.05, 3.63) is 57.1 Å². The molecule has 7 heteroatoms. The lowest BCUT2D eigenvalue weighted by Gasteiger charge is -2.19. The van der Waals surface area contributed by atoms with Crippen molar-refractivity contribution < 1.29 is 19.1 Å². The van der Waals surface area contributed by atoms with Crippen LogP contribution in [0.15, 0.2) is 34.8 Å². The number of ether oxygens (including phenoxy) is 1. The highest BCUT2D eigenvalue weighted by Gasteiger charge is 2.36. The second-order valence-corrected chi connectivity index (χ2v) is 8.55. The summed E-state index contributed by atoms with van der Waals surface area (Å²) in [4.78, 5) is 38.7. The molecule has 0 saturated carbocycles. The summed E-state index contributed by atoms with van der Waals surface area (Å²) in [5.74, 6) is -1.64. The molecule has 1 N–H and O–H groups in total. The van der Waals surface area contributed by atoms with Crippen LogP contribution in [0.3, 0.4) is 0 Å². The van der Waals surface area contributed by atoms with Crippen molar-refractivity contribution >= 4 is 45.1 Å². The number of nitrogens with one attached hydrogen (secondary N) is 1. The monoisotopic (exact) mass is 472 g/mol. The lowest BCUT2D eigenvalue weighted by Crippen LogP contribution is -2.28. The summed E-state index contributed by atoms with van der Waals surface area (Å²) >= 11 is 3.45. The van der Waals surface area contributed by atoms with Gasteiger partial charge in [-0.05, 0) is 62.6 Å². The molecular weight excluding hydrogens is 448 g/mol. The minimum absolute atomic E-state index is 0.0821. The van der Waals surface area contributed by atoms with E-state index in [0.29, 0.717) is 5.69 Å². The molecule has 3 rings (SSSR count). The zero-order chi connectivity index (χ0) is 22.0. The molecule has 30 heavy (non-hydrogen) atoms. The van der Waals surface area contributed by atoms with Gasteiger partial charge in [-0.15, -0.1) is 0 Å². The number of hydrogen-bond acceptors (Lipinski definition) is 4. The third-order valence-corrected chi connectivity index (χ3v) is 6.30. The average Bonchev–Trinajstić information content (AvgIpc) is 3.08. The summed E-state index contributed by atoms with van der Waals surface area (Å²) in [5.41, 5.74) is 5.54. The molecule has 1 saturated heterocycles. The van der Waals surface area contributed by atoms with Crippen LogP contribution in [-0.2, 0) is 19.1 Å². The molecule has 1 aliphatic heterocycles. The fourth-order valence-corrected chi connectivity index (χ4v) is 4.00. The number of carbonyl (C=O) groups is 3. The van der Waals surface area contributed by atoms with E-state index in [1.807, 2.05) is 52.0 Å². The zero-order valence-corrected chi connectivity index (χ0v) is 19.1. The Hall–Kier alpha value is -2.67. The maximum Gasteiger partial charge on any atom is 0.311 e. The van der Waals surface area contributed by atoms with E-state index in [4.69, 9.17) is 4.74 Å². The smallest absolute Gasteiger partial charge is 0.311 e. The average molecular weight is 473 g/mol. The maximum atomic E-state index is 12.4. The van der Waals surface area contributed by atoms with Crippen LogP contribution < -0.4 is 10.2 Å². The summed E-state index contributed by atoms with van der Waals surface area (Å²) in [7, 11) is 0. The van der Waals surface area contributed by atoms with Crippen molar-refractivity contribution in [2.24, 2.45) is 5.92 Å². The highest BCUT2D eigenvalue weighted by Crippen LogP contribution is 2.29. The van der Waals surface area contributed by atoms with Crippen molar-refractivity contribution in [1.29, 1.82) is 0 Å². The molecule has 0 unspecified atom stereocenters. The van der Waals surface area contributed by atoms with Gasteiger partial charge in [0.15, 0.2) is 6.61 Å². The fourth-order valence-electron chi connectivity index (χ4n) is 3.57. The lowest BCUT2D eigenvalue weighted by atomic mass is 10.1. The van der Waals surface area contributed by atoms with Gasteiger partial charge < -0.3 is 15.0 Å². The van der Waals surface area contributed by atoms with E-state index in [1.165, 1.54) is 0 Å². The molecule has 158 valence electrons. The summed E-state index contributed by atoms with van der Waals surface area (Å²) < 4.78 is 6.16. The molecule has 1 atom stereocenters. The maximum absolute atomic E-state index is 12.4. The largest absolute Gasteiger partial charge is 0.455 e. The third-order valence-electron chi connectivity index (χ3n) is 5.44. The predicted octanol–water partition coefficient (Wildman–Crippen LogP) is 4.22. The zero-order valence-electron chi connectivity index (χ0n) is 17.5. The van der Waals surface area contributed by atoms with Crippen LogP contribution in [0.2, 0.25) is 0 Å². The number of anilines is 2. The van der Waals surface area contributed by atoms with E-state index < -0.39 is 17.8 Å². The number of esters is 1. The highest BCUT2D eigenvalue weighted by molar-refractivity contribution is 9.10.